The van der Waals surface area contributed by atoms with Gasteiger partial charge in [0.25, 0.3) is 0 Å². The number of nitrogens with zero attached hydrogens (tertiary/aromatic N) is 1. The smallest absolute Gasteiger partial charge is 0.121 e. The molecular formula is C13H22N2OS. The Morgan fingerprint density at radius 2 is 2.35 bits per heavy atom. The van der Waals surface area contributed by atoms with Crippen LogP contribution in [-0.4, -0.2) is 24.7 Å². The first-order valence-electron chi connectivity index (χ1n) is 6.58. The van der Waals surface area contributed by atoms with Crippen molar-refractivity contribution in [1.29, 1.82) is 0 Å². The first-order chi connectivity index (χ1) is 8.36. The number of thiazole rings is 1. The zero-order valence-corrected chi connectivity index (χ0v) is 11.3. The highest BCUT2D eigenvalue weighted by molar-refractivity contribution is 7.09. The summed E-state index contributed by atoms with van der Waals surface area (Å²) in [6, 6.07) is 0. The third-order valence-electron chi connectivity index (χ3n) is 3.38. The van der Waals surface area contributed by atoms with Crippen LogP contribution in [-0.2, 0) is 4.74 Å². The summed E-state index contributed by atoms with van der Waals surface area (Å²) >= 11 is 1.67. The molecule has 0 aromatic carbocycles. The number of ether oxygens (including phenoxy) is 1. The Bertz CT molecular complexity index is 296. The maximum absolute atomic E-state index is 5.81. The fourth-order valence-corrected chi connectivity index (χ4v) is 2.95. The second-order valence-corrected chi connectivity index (χ2v) is 5.65. The van der Waals surface area contributed by atoms with Crippen LogP contribution in [0.4, 0.5) is 0 Å². The number of rotatable bonds is 6. The fraction of sp³-hybridized carbons (Fsp3) is 0.769. The van der Waals surface area contributed by atoms with Gasteiger partial charge in [0.2, 0.25) is 0 Å². The van der Waals surface area contributed by atoms with E-state index < -0.39 is 0 Å². The van der Waals surface area contributed by atoms with E-state index in [1.54, 1.807) is 11.3 Å². The lowest BCUT2D eigenvalue weighted by molar-refractivity contribution is 0.0599. The molecule has 4 heteroatoms. The molecule has 0 spiro atoms. The minimum atomic E-state index is 0.156. The van der Waals surface area contributed by atoms with Gasteiger partial charge in [0.1, 0.15) is 11.1 Å². The molecular weight excluding hydrogens is 232 g/mol. The van der Waals surface area contributed by atoms with Crippen molar-refractivity contribution in [3.8, 4) is 0 Å². The van der Waals surface area contributed by atoms with Crippen molar-refractivity contribution in [2.75, 3.05) is 19.7 Å². The second-order valence-electron chi connectivity index (χ2n) is 4.72. The van der Waals surface area contributed by atoms with E-state index in [4.69, 9.17) is 4.74 Å². The van der Waals surface area contributed by atoms with Crippen molar-refractivity contribution in [3.63, 3.8) is 0 Å². The molecule has 17 heavy (non-hydrogen) atoms. The predicted octanol–water partition coefficient (Wildman–Crippen LogP) is 3.00. The van der Waals surface area contributed by atoms with Gasteiger partial charge in [0.15, 0.2) is 0 Å². The van der Waals surface area contributed by atoms with Crippen LogP contribution in [0, 0.1) is 5.92 Å². The Labute approximate surface area is 108 Å². The maximum atomic E-state index is 5.81. The van der Waals surface area contributed by atoms with Crippen molar-refractivity contribution in [2.24, 2.45) is 5.92 Å². The number of nitrogens with one attached hydrogen (secondary N) is 1. The van der Waals surface area contributed by atoms with Gasteiger partial charge in [-0.05, 0) is 51.6 Å². The molecule has 0 radical (unpaired) electrons. The van der Waals surface area contributed by atoms with Crippen molar-refractivity contribution in [1.82, 2.24) is 10.3 Å². The summed E-state index contributed by atoms with van der Waals surface area (Å²) in [7, 11) is 0. The third-order valence-corrected chi connectivity index (χ3v) is 4.32. The van der Waals surface area contributed by atoms with E-state index in [9.17, 15) is 0 Å². The van der Waals surface area contributed by atoms with Crippen LogP contribution < -0.4 is 5.32 Å². The summed E-state index contributed by atoms with van der Waals surface area (Å²) in [4.78, 5) is 4.27. The highest BCUT2D eigenvalue weighted by Gasteiger charge is 2.13. The highest BCUT2D eigenvalue weighted by Crippen LogP contribution is 2.21. The van der Waals surface area contributed by atoms with E-state index in [2.05, 4.69) is 17.2 Å². The molecule has 2 rings (SSSR count). The van der Waals surface area contributed by atoms with E-state index in [1.165, 1.54) is 38.8 Å². The summed E-state index contributed by atoms with van der Waals surface area (Å²) in [5.74, 6) is 0.912. The van der Waals surface area contributed by atoms with Gasteiger partial charge >= 0.3 is 0 Å². The van der Waals surface area contributed by atoms with Crippen LogP contribution in [0.15, 0.2) is 11.6 Å². The topological polar surface area (TPSA) is 34.1 Å². The Morgan fingerprint density at radius 3 is 3.06 bits per heavy atom. The molecule has 0 saturated carbocycles. The minimum Gasteiger partial charge on any atom is -0.371 e. The SMILES string of the molecule is C[C@@H](OCCCC1CCNCC1)c1nccs1. The number of hydrogen-bond acceptors (Lipinski definition) is 4. The van der Waals surface area contributed by atoms with Gasteiger partial charge in [-0.1, -0.05) is 0 Å². The van der Waals surface area contributed by atoms with Crippen molar-refractivity contribution >= 4 is 11.3 Å². The summed E-state index contributed by atoms with van der Waals surface area (Å²) in [6.45, 7) is 5.34. The van der Waals surface area contributed by atoms with E-state index in [-0.39, 0.29) is 6.10 Å². The van der Waals surface area contributed by atoms with E-state index >= 15 is 0 Å². The molecule has 1 aliphatic heterocycles. The number of aromatic nitrogens is 1. The van der Waals surface area contributed by atoms with Gasteiger partial charge in [0.05, 0.1) is 0 Å². The third kappa shape index (κ3) is 4.37. The predicted molar refractivity (Wildman–Crippen MR) is 71.3 cm³/mol. The molecule has 1 aliphatic rings. The molecule has 1 N–H and O–H groups in total. The first-order valence-corrected chi connectivity index (χ1v) is 7.46. The van der Waals surface area contributed by atoms with Gasteiger partial charge in [0, 0.05) is 18.2 Å². The van der Waals surface area contributed by atoms with Gasteiger partial charge in [-0.25, -0.2) is 4.98 Å². The van der Waals surface area contributed by atoms with Gasteiger partial charge in [-0.15, -0.1) is 11.3 Å². The lowest BCUT2D eigenvalue weighted by Crippen LogP contribution is -2.27. The molecule has 1 aromatic heterocycles. The average Bonchev–Trinajstić information content (AvgIpc) is 2.89. The summed E-state index contributed by atoms with van der Waals surface area (Å²) in [5, 5.41) is 6.50. The standard InChI is InChI=1S/C13H22N2OS/c1-11(13-15-8-10-17-13)16-9-2-3-12-4-6-14-7-5-12/h8,10-12,14H,2-7,9H2,1H3/t11-/m1/s1. The van der Waals surface area contributed by atoms with Crippen LogP contribution in [0.1, 0.15) is 43.7 Å². The lowest BCUT2D eigenvalue weighted by atomic mass is 9.93. The van der Waals surface area contributed by atoms with Crippen molar-refractivity contribution in [2.45, 2.75) is 38.7 Å². The normalized spacial score (nSPS) is 19.4. The first kappa shape index (κ1) is 13.0. The van der Waals surface area contributed by atoms with Crippen LogP contribution in [0.25, 0.3) is 0 Å². The number of hydrogen-bond donors (Lipinski definition) is 1. The fourth-order valence-electron chi connectivity index (χ4n) is 2.31. The van der Waals surface area contributed by atoms with E-state index in [0.717, 1.165) is 17.5 Å². The second kappa shape index (κ2) is 7.09. The van der Waals surface area contributed by atoms with E-state index in [0.29, 0.717) is 0 Å². The minimum absolute atomic E-state index is 0.156. The van der Waals surface area contributed by atoms with Gasteiger partial charge in [-0.2, -0.15) is 0 Å². The molecule has 3 nitrogen and oxygen atoms in total. The van der Waals surface area contributed by atoms with Gasteiger partial charge < -0.3 is 10.1 Å². The molecule has 0 unspecified atom stereocenters. The molecule has 2 heterocycles. The van der Waals surface area contributed by atoms with E-state index in [1.807, 2.05) is 11.6 Å². The zero-order chi connectivity index (χ0) is 11.9. The summed E-state index contributed by atoms with van der Waals surface area (Å²) in [5.41, 5.74) is 0. The van der Waals surface area contributed by atoms with Crippen LogP contribution in [0.2, 0.25) is 0 Å². The Morgan fingerprint density at radius 1 is 1.53 bits per heavy atom. The average molecular weight is 254 g/mol. The molecule has 0 bridgehead atoms. The van der Waals surface area contributed by atoms with Crippen molar-refractivity contribution in [3.05, 3.63) is 16.6 Å². The van der Waals surface area contributed by atoms with Crippen molar-refractivity contribution < 1.29 is 4.74 Å². The molecule has 0 amide bonds. The summed E-state index contributed by atoms with van der Waals surface area (Å²) < 4.78 is 5.81. The van der Waals surface area contributed by atoms with Crippen LogP contribution in [0.3, 0.4) is 0 Å². The summed E-state index contributed by atoms with van der Waals surface area (Å²) in [6.07, 6.45) is 7.16. The maximum Gasteiger partial charge on any atom is 0.121 e. The van der Waals surface area contributed by atoms with Crippen LogP contribution in [0.5, 0.6) is 0 Å². The molecule has 1 aromatic rings. The largest absolute Gasteiger partial charge is 0.371 e. The Hall–Kier alpha value is -0.450. The molecule has 0 aliphatic carbocycles. The molecule has 1 atom stereocenters. The lowest BCUT2D eigenvalue weighted by Gasteiger charge is -2.22. The Balaban J connectivity index is 1.56. The highest BCUT2D eigenvalue weighted by atomic mass is 32.1. The van der Waals surface area contributed by atoms with Gasteiger partial charge in [-0.3, -0.25) is 0 Å². The zero-order valence-electron chi connectivity index (χ0n) is 10.5. The van der Waals surface area contributed by atoms with Crippen LogP contribution >= 0.6 is 11.3 Å². The monoisotopic (exact) mass is 254 g/mol. The molecule has 1 fully saturated rings. The number of piperidine rings is 1. The quantitative estimate of drug-likeness (QED) is 0.792. The molecule has 1 saturated heterocycles. The molecule has 96 valence electrons. The Kier molecular flexibility index (Phi) is 5.42.